The van der Waals surface area contributed by atoms with Crippen LogP contribution in [0.25, 0.3) is 0 Å². The standard InChI is InChI=1S/C16H19ClO3/c17-14-10-12(16(15(18)19)6-1-7-16)2-3-13(14)11-4-8-20-9-5-11/h2-3,10-11H,1,4-9H2,(H,18,19). The highest BCUT2D eigenvalue weighted by atomic mass is 35.5. The molecular formula is C16H19ClO3. The molecule has 1 heterocycles. The first kappa shape index (κ1) is 13.9. The molecule has 1 aromatic carbocycles. The largest absolute Gasteiger partial charge is 0.481 e. The van der Waals surface area contributed by atoms with E-state index in [4.69, 9.17) is 16.3 Å². The van der Waals surface area contributed by atoms with Gasteiger partial charge in [0.2, 0.25) is 0 Å². The van der Waals surface area contributed by atoms with Crippen LogP contribution in [0.1, 0.15) is 49.1 Å². The molecule has 1 saturated carbocycles. The van der Waals surface area contributed by atoms with Crippen molar-refractivity contribution in [3.63, 3.8) is 0 Å². The zero-order valence-corrected chi connectivity index (χ0v) is 12.2. The molecule has 0 radical (unpaired) electrons. The summed E-state index contributed by atoms with van der Waals surface area (Å²) in [6.45, 7) is 1.56. The topological polar surface area (TPSA) is 46.5 Å². The fourth-order valence-corrected chi connectivity index (χ4v) is 3.66. The van der Waals surface area contributed by atoms with Crippen LogP contribution < -0.4 is 0 Å². The maximum absolute atomic E-state index is 11.5. The van der Waals surface area contributed by atoms with Crippen LogP contribution in [0.2, 0.25) is 5.02 Å². The van der Waals surface area contributed by atoms with E-state index in [2.05, 4.69) is 0 Å². The molecule has 4 heteroatoms. The van der Waals surface area contributed by atoms with Gasteiger partial charge >= 0.3 is 5.97 Å². The van der Waals surface area contributed by atoms with E-state index in [-0.39, 0.29) is 0 Å². The van der Waals surface area contributed by atoms with Crippen molar-refractivity contribution in [2.75, 3.05) is 13.2 Å². The Balaban J connectivity index is 1.89. The Kier molecular flexibility index (Phi) is 3.74. The lowest BCUT2D eigenvalue weighted by atomic mass is 9.64. The molecule has 0 aromatic heterocycles. The normalized spacial score (nSPS) is 22.2. The number of ether oxygens (including phenoxy) is 1. The quantitative estimate of drug-likeness (QED) is 0.924. The van der Waals surface area contributed by atoms with Gasteiger partial charge in [0.1, 0.15) is 0 Å². The fraction of sp³-hybridized carbons (Fsp3) is 0.562. The second-order valence-electron chi connectivity index (χ2n) is 5.86. The highest BCUT2D eigenvalue weighted by molar-refractivity contribution is 6.31. The number of hydrogen-bond donors (Lipinski definition) is 1. The lowest BCUT2D eigenvalue weighted by Crippen LogP contribution is -2.42. The highest BCUT2D eigenvalue weighted by Crippen LogP contribution is 2.45. The Morgan fingerprint density at radius 2 is 2.00 bits per heavy atom. The Morgan fingerprint density at radius 1 is 1.30 bits per heavy atom. The molecule has 1 saturated heterocycles. The van der Waals surface area contributed by atoms with E-state index >= 15 is 0 Å². The predicted octanol–water partition coefficient (Wildman–Crippen LogP) is 3.74. The van der Waals surface area contributed by atoms with Gasteiger partial charge < -0.3 is 9.84 Å². The Morgan fingerprint density at radius 3 is 2.50 bits per heavy atom. The average molecular weight is 295 g/mol. The Hall–Kier alpha value is -1.06. The summed E-state index contributed by atoms with van der Waals surface area (Å²) in [5.41, 5.74) is 1.30. The van der Waals surface area contributed by atoms with Crippen molar-refractivity contribution in [1.29, 1.82) is 0 Å². The number of hydrogen-bond acceptors (Lipinski definition) is 2. The van der Waals surface area contributed by atoms with Crippen molar-refractivity contribution in [2.45, 2.75) is 43.4 Å². The Labute approximate surface area is 123 Å². The van der Waals surface area contributed by atoms with Gasteiger partial charge in [0, 0.05) is 18.2 Å². The first-order valence-electron chi connectivity index (χ1n) is 7.24. The van der Waals surface area contributed by atoms with Gasteiger partial charge in [0.15, 0.2) is 0 Å². The first-order valence-corrected chi connectivity index (χ1v) is 7.62. The first-order chi connectivity index (χ1) is 9.63. The van der Waals surface area contributed by atoms with Gasteiger partial charge in [-0.2, -0.15) is 0 Å². The van der Waals surface area contributed by atoms with Gasteiger partial charge in [-0.25, -0.2) is 0 Å². The van der Waals surface area contributed by atoms with Crippen LogP contribution >= 0.6 is 11.6 Å². The van der Waals surface area contributed by atoms with E-state index < -0.39 is 11.4 Å². The molecule has 1 N–H and O–H groups in total. The molecule has 0 bridgehead atoms. The van der Waals surface area contributed by atoms with Crippen LogP contribution in [0.5, 0.6) is 0 Å². The van der Waals surface area contributed by atoms with E-state index in [0.29, 0.717) is 10.9 Å². The van der Waals surface area contributed by atoms with Crippen LogP contribution in [0.15, 0.2) is 18.2 Å². The summed E-state index contributed by atoms with van der Waals surface area (Å²) in [6, 6.07) is 5.86. The van der Waals surface area contributed by atoms with Crippen molar-refractivity contribution in [3.05, 3.63) is 34.3 Å². The molecule has 108 valence electrons. The van der Waals surface area contributed by atoms with E-state index in [0.717, 1.165) is 56.4 Å². The molecule has 1 aromatic rings. The van der Waals surface area contributed by atoms with Gasteiger partial charge in [-0.1, -0.05) is 30.2 Å². The van der Waals surface area contributed by atoms with Gasteiger partial charge in [-0.15, -0.1) is 0 Å². The second-order valence-corrected chi connectivity index (χ2v) is 6.27. The molecule has 0 spiro atoms. The third kappa shape index (κ3) is 2.23. The van der Waals surface area contributed by atoms with Gasteiger partial charge in [-0.3, -0.25) is 4.79 Å². The number of benzene rings is 1. The van der Waals surface area contributed by atoms with Crippen molar-refractivity contribution in [1.82, 2.24) is 0 Å². The number of aliphatic carboxylic acids is 1. The minimum Gasteiger partial charge on any atom is -0.481 e. The van der Waals surface area contributed by atoms with Crippen molar-refractivity contribution >= 4 is 17.6 Å². The van der Waals surface area contributed by atoms with Gasteiger partial charge in [0.25, 0.3) is 0 Å². The number of carboxylic acids is 1. The molecule has 3 nitrogen and oxygen atoms in total. The summed E-state index contributed by atoms with van der Waals surface area (Å²) >= 11 is 6.42. The average Bonchev–Trinajstić information content (AvgIpc) is 2.38. The van der Waals surface area contributed by atoms with E-state index in [1.54, 1.807) is 0 Å². The van der Waals surface area contributed by atoms with E-state index in [9.17, 15) is 9.90 Å². The molecule has 1 aliphatic heterocycles. The van der Waals surface area contributed by atoms with E-state index in [1.807, 2.05) is 18.2 Å². The summed E-state index contributed by atoms with van der Waals surface area (Å²) < 4.78 is 5.38. The lowest BCUT2D eigenvalue weighted by Gasteiger charge is -2.38. The van der Waals surface area contributed by atoms with Crippen LogP contribution in [-0.2, 0) is 14.9 Å². The summed E-state index contributed by atoms with van der Waals surface area (Å²) in [5.74, 6) is -0.286. The summed E-state index contributed by atoms with van der Waals surface area (Å²) in [4.78, 5) is 11.5. The van der Waals surface area contributed by atoms with E-state index in [1.165, 1.54) is 0 Å². The van der Waals surface area contributed by atoms with Crippen molar-refractivity contribution in [2.24, 2.45) is 0 Å². The van der Waals surface area contributed by atoms with Gasteiger partial charge in [0.05, 0.1) is 5.41 Å². The van der Waals surface area contributed by atoms with Crippen LogP contribution in [0, 0.1) is 0 Å². The molecule has 20 heavy (non-hydrogen) atoms. The number of halogens is 1. The number of rotatable bonds is 3. The smallest absolute Gasteiger partial charge is 0.314 e. The molecule has 2 aliphatic rings. The second kappa shape index (κ2) is 5.38. The summed E-state index contributed by atoms with van der Waals surface area (Å²) in [5, 5.41) is 10.2. The van der Waals surface area contributed by atoms with Gasteiger partial charge in [-0.05, 0) is 48.8 Å². The Bertz CT molecular complexity index is 516. The maximum Gasteiger partial charge on any atom is 0.314 e. The molecule has 0 unspecified atom stereocenters. The summed E-state index contributed by atoms with van der Waals surface area (Å²) in [7, 11) is 0. The SMILES string of the molecule is O=C(O)C1(c2ccc(C3CCOCC3)c(Cl)c2)CCC1. The summed E-state index contributed by atoms with van der Waals surface area (Å²) in [6.07, 6.45) is 4.39. The van der Waals surface area contributed by atoms with Crippen LogP contribution in [0.3, 0.4) is 0 Å². The monoisotopic (exact) mass is 294 g/mol. The molecule has 2 fully saturated rings. The van der Waals surface area contributed by atoms with Crippen molar-refractivity contribution < 1.29 is 14.6 Å². The minimum absolute atomic E-state index is 0.437. The fourth-order valence-electron chi connectivity index (χ4n) is 3.32. The lowest BCUT2D eigenvalue weighted by molar-refractivity contribution is -0.147. The molecule has 1 aliphatic carbocycles. The molecule has 3 rings (SSSR count). The maximum atomic E-state index is 11.5. The minimum atomic E-state index is -0.723. The third-order valence-electron chi connectivity index (χ3n) is 4.83. The number of carbonyl (C=O) groups is 1. The van der Waals surface area contributed by atoms with Crippen LogP contribution in [0.4, 0.5) is 0 Å². The highest BCUT2D eigenvalue weighted by Gasteiger charge is 2.46. The third-order valence-corrected chi connectivity index (χ3v) is 5.16. The molecular weight excluding hydrogens is 276 g/mol. The zero-order chi connectivity index (χ0) is 14.2. The van der Waals surface area contributed by atoms with Crippen LogP contribution in [-0.4, -0.2) is 24.3 Å². The molecule has 0 amide bonds. The predicted molar refractivity (Wildman–Crippen MR) is 77.4 cm³/mol. The zero-order valence-electron chi connectivity index (χ0n) is 11.4. The molecule has 0 atom stereocenters. The number of carboxylic acid groups (broad SMARTS) is 1. The van der Waals surface area contributed by atoms with Crippen molar-refractivity contribution in [3.8, 4) is 0 Å².